The minimum absolute atomic E-state index is 0.0873. The zero-order chi connectivity index (χ0) is 14.7. The van der Waals surface area contributed by atoms with Crippen LogP contribution in [0.2, 0.25) is 5.02 Å². The maximum atomic E-state index is 6.28. The molecule has 0 radical (unpaired) electrons. The Balaban J connectivity index is 1.90. The van der Waals surface area contributed by atoms with Gasteiger partial charge in [-0.1, -0.05) is 30.7 Å². The molecule has 0 aliphatic carbocycles. The number of pyridine rings is 1. The molecule has 0 aliphatic rings. The Morgan fingerprint density at radius 2 is 2.10 bits per heavy atom. The first-order valence-corrected chi connectivity index (χ1v) is 8.15. The third-order valence-corrected chi connectivity index (χ3v) is 4.66. The highest BCUT2D eigenvalue weighted by Gasteiger charge is 2.17. The Hall–Kier alpha value is -1.49. The van der Waals surface area contributed by atoms with Crippen LogP contribution in [0.3, 0.4) is 0 Å². The van der Waals surface area contributed by atoms with Crippen molar-refractivity contribution < 1.29 is 0 Å². The summed E-state index contributed by atoms with van der Waals surface area (Å²) in [4.78, 5) is 9.13. The standard InChI is InChI=1S/C16H16ClN3S/c1-2-18-13(16-11(17)6-5-9-19-16)10-15-20-12-7-3-4-8-14(12)21-15/h3-9,13,18H,2,10H2,1H3. The molecule has 3 nitrogen and oxygen atoms in total. The van der Waals surface area contributed by atoms with Gasteiger partial charge < -0.3 is 5.32 Å². The van der Waals surface area contributed by atoms with Crippen LogP contribution >= 0.6 is 22.9 Å². The first-order chi connectivity index (χ1) is 10.3. The Morgan fingerprint density at radius 1 is 1.24 bits per heavy atom. The van der Waals surface area contributed by atoms with Crippen molar-refractivity contribution in [2.75, 3.05) is 6.54 Å². The molecule has 3 rings (SSSR count). The molecule has 108 valence electrons. The summed E-state index contributed by atoms with van der Waals surface area (Å²) >= 11 is 8.01. The summed E-state index contributed by atoms with van der Waals surface area (Å²) in [5.41, 5.74) is 1.94. The Morgan fingerprint density at radius 3 is 2.86 bits per heavy atom. The van der Waals surface area contributed by atoms with Gasteiger partial charge in [-0.15, -0.1) is 11.3 Å². The average molecular weight is 318 g/mol. The van der Waals surface area contributed by atoms with Crippen LogP contribution in [0.25, 0.3) is 10.2 Å². The Bertz CT molecular complexity index is 708. The zero-order valence-corrected chi connectivity index (χ0v) is 13.3. The summed E-state index contributed by atoms with van der Waals surface area (Å²) < 4.78 is 1.22. The quantitative estimate of drug-likeness (QED) is 0.765. The average Bonchev–Trinajstić information content (AvgIpc) is 2.89. The van der Waals surface area contributed by atoms with Crippen molar-refractivity contribution in [3.63, 3.8) is 0 Å². The van der Waals surface area contributed by atoms with Gasteiger partial charge in [-0.25, -0.2) is 4.98 Å². The van der Waals surface area contributed by atoms with E-state index in [0.29, 0.717) is 5.02 Å². The number of halogens is 1. The molecule has 21 heavy (non-hydrogen) atoms. The number of nitrogens with zero attached hydrogens (tertiary/aromatic N) is 2. The van der Waals surface area contributed by atoms with Gasteiger partial charge in [0.05, 0.1) is 32.0 Å². The lowest BCUT2D eigenvalue weighted by molar-refractivity contribution is 0.536. The van der Waals surface area contributed by atoms with Crippen LogP contribution in [0, 0.1) is 0 Å². The summed E-state index contributed by atoms with van der Waals surface area (Å²) in [7, 11) is 0. The Kier molecular flexibility index (Phi) is 4.48. The molecular formula is C16H16ClN3S. The Labute approximate surface area is 133 Å². The highest BCUT2D eigenvalue weighted by Crippen LogP contribution is 2.28. The van der Waals surface area contributed by atoms with Crippen LogP contribution in [-0.4, -0.2) is 16.5 Å². The number of thiazole rings is 1. The smallest absolute Gasteiger partial charge is 0.0958 e. The van der Waals surface area contributed by atoms with Gasteiger partial charge in [-0.2, -0.15) is 0 Å². The van der Waals surface area contributed by atoms with Gasteiger partial charge in [0.2, 0.25) is 0 Å². The van der Waals surface area contributed by atoms with Crippen LogP contribution in [0.15, 0.2) is 42.6 Å². The van der Waals surface area contributed by atoms with E-state index < -0.39 is 0 Å². The van der Waals surface area contributed by atoms with E-state index >= 15 is 0 Å². The summed E-state index contributed by atoms with van der Waals surface area (Å²) in [6, 6.07) is 12.0. The number of benzene rings is 1. The van der Waals surface area contributed by atoms with E-state index in [4.69, 9.17) is 16.6 Å². The van der Waals surface area contributed by atoms with Gasteiger partial charge in [0, 0.05) is 12.6 Å². The van der Waals surface area contributed by atoms with Crippen molar-refractivity contribution >= 4 is 33.2 Å². The van der Waals surface area contributed by atoms with Crippen molar-refractivity contribution in [2.45, 2.75) is 19.4 Å². The second-order valence-electron chi connectivity index (χ2n) is 4.76. The molecule has 2 heterocycles. The van der Waals surface area contributed by atoms with Crippen LogP contribution in [-0.2, 0) is 6.42 Å². The molecule has 0 bridgehead atoms. The highest BCUT2D eigenvalue weighted by molar-refractivity contribution is 7.18. The predicted molar refractivity (Wildman–Crippen MR) is 89.0 cm³/mol. The number of nitrogens with one attached hydrogen (secondary N) is 1. The largest absolute Gasteiger partial charge is 0.309 e. The third kappa shape index (κ3) is 3.23. The van der Waals surface area contributed by atoms with Crippen molar-refractivity contribution in [1.82, 2.24) is 15.3 Å². The monoisotopic (exact) mass is 317 g/mol. The maximum Gasteiger partial charge on any atom is 0.0958 e. The van der Waals surface area contributed by atoms with Gasteiger partial charge in [-0.05, 0) is 30.8 Å². The van der Waals surface area contributed by atoms with Crippen LogP contribution < -0.4 is 5.32 Å². The number of rotatable bonds is 5. The molecule has 0 saturated carbocycles. The van der Waals surface area contributed by atoms with E-state index in [1.807, 2.05) is 30.3 Å². The van der Waals surface area contributed by atoms with Crippen LogP contribution in [0.5, 0.6) is 0 Å². The molecular weight excluding hydrogens is 302 g/mol. The van der Waals surface area contributed by atoms with E-state index in [-0.39, 0.29) is 6.04 Å². The predicted octanol–water partition coefficient (Wildman–Crippen LogP) is 4.24. The van der Waals surface area contributed by atoms with E-state index in [0.717, 1.165) is 29.2 Å². The molecule has 1 aromatic carbocycles. The van der Waals surface area contributed by atoms with E-state index in [1.54, 1.807) is 17.5 Å². The summed E-state index contributed by atoms with van der Waals surface area (Å²) in [5.74, 6) is 0. The SMILES string of the molecule is CCNC(Cc1nc2ccccc2s1)c1ncccc1Cl. The van der Waals surface area contributed by atoms with Crippen LogP contribution in [0.4, 0.5) is 0 Å². The molecule has 0 spiro atoms. The number of para-hydroxylation sites is 1. The van der Waals surface area contributed by atoms with Crippen molar-refractivity contribution in [2.24, 2.45) is 0 Å². The number of hydrogen-bond acceptors (Lipinski definition) is 4. The van der Waals surface area contributed by atoms with E-state index in [1.165, 1.54) is 4.70 Å². The normalized spacial score (nSPS) is 12.7. The van der Waals surface area contributed by atoms with Gasteiger partial charge in [-0.3, -0.25) is 4.98 Å². The number of fused-ring (bicyclic) bond motifs is 1. The summed E-state index contributed by atoms with van der Waals surface area (Å²) in [6.07, 6.45) is 2.58. The molecule has 1 atom stereocenters. The first-order valence-electron chi connectivity index (χ1n) is 6.96. The lowest BCUT2D eigenvalue weighted by Crippen LogP contribution is -2.24. The van der Waals surface area contributed by atoms with E-state index in [9.17, 15) is 0 Å². The molecule has 2 aromatic heterocycles. The second kappa shape index (κ2) is 6.52. The summed E-state index contributed by atoms with van der Waals surface area (Å²) in [6.45, 7) is 2.95. The van der Waals surface area contributed by atoms with Crippen molar-refractivity contribution in [3.8, 4) is 0 Å². The fraction of sp³-hybridized carbons (Fsp3) is 0.250. The van der Waals surface area contributed by atoms with Gasteiger partial charge in [0.25, 0.3) is 0 Å². The highest BCUT2D eigenvalue weighted by atomic mass is 35.5. The topological polar surface area (TPSA) is 37.8 Å². The second-order valence-corrected chi connectivity index (χ2v) is 6.28. The fourth-order valence-electron chi connectivity index (χ4n) is 2.35. The summed E-state index contributed by atoms with van der Waals surface area (Å²) in [5, 5.41) is 5.25. The molecule has 1 unspecified atom stereocenters. The first kappa shape index (κ1) is 14.4. The molecule has 3 aromatic rings. The maximum absolute atomic E-state index is 6.28. The number of aromatic nitrogens is 2. The van der Waals surface area contributed by atoms with Crippen LogP contribution in [0.1, 0.15) is 23.7 Å². The molecule has 0 fully saturated rings. The zero-order valence-electron chi connectivity index (χ0n) is 11.7. The number of hydrogen-bond donors (Lipinski definition) is 1. The molecule has 5 heteroatoms. The number of likely N-dealkylation sites (N-methyl/N-ethyl adjacent to an activating group) is 1. The van der Waals surface area contributed by atoms with Gasteiger partial charge in [0.15, 0.2) is 0 Å². The molecule has 0 aliphatic heterocycles. The fourth-order valence-corrected chi connectivity index (χ4v) is 3.61. The lowest BCUT2D eigenvalue weighted by Gasteiger charge is -2.17. The van der Waals surface area contributed by atoms with Gasteiger partial charge in [0.1, 0.15) is 0 Å². The lowest BCUT2D eigenvalue weighted by atomic mass is 10.1. The molecule has 0 amide bonds. The molecule has 1 N–H and O–H groups in total. The van der Waals surface area contributed by atoms with Gasteiger partial charge >= 0.3 is 0 Å². The minimum atomic E-state index is 0.0873. The minimum Gasteiger partial charge on any atom is -0.309 e. The molecule has 0 saturated heterocycles. The van der Waals surface area contributed by atoms with Crippen molar-refractivity contribution in [1.29, 1.82) is 0 Å². The third-order valence-electron chi connectivity index (χ3n) is 3.28. The van der Waals surface area contributed by atoms with Crippen molar-refractivity contribution in [3.05, 3.63) is 58.3 Å². The van der Waals surface area contributed by atoms with E-state index in [2.05, 4.69) is 23.3 Å².